The van der Waals surface area contributed by atoms with Crippen LogP contribution in [0.15, 0.2) is 24.3 Å². The van der Waals surface area contributed by atoms with Crippen molar-refractivity contribution >= 4 is 35.4 Å². The van der Waals surface area contributed by atoms with Crippen LogP contribution in [0.2, 0.25) is 0 Å². The van der Waals surface area contributed by atoms with Gasteiger partial charge in [-0.15, -0.1) is 0 Å². The van der Waals surface area contributed by atoms with Crippen LogP contribution in [0, 0.1) is 5.41 Å². The Balaban J connectivity index is 0.000000592. The number of amidine groups is 1. The fraction of sp³-hybridized carbons (Fsp3) is 0.353. The van der Waals surface area contributed by atoms with Gasteiger partial charge in [0.05, 0.1) is 6.42 Å². The van der Waals surface area contributed by atoms with Crippen LogP contribution in [-0.4, -0.2) is 77.2 Å². The van der Waals surface area contributed by atoms with Crippen molar-refractivity contribution in [2.24, 2.45) is 5.73 Å². The number of benzene rings is 1. The highest BCUT2D eigenvalue weighted by atomic mass is 19.4. The second-order valence-electron chi connectivity index (χ2n) is 6.11. The lowest BCUT2D eigenvalue weighted by Gasteiger charge is -2.18. The maximum atomic E-state index is 12.4. The molecule has 0 bridgehead atoms. The Bertz CT molecular complexity index is 844. The van der Waals surface area contributed by atoms with Crippen molar-refractivity contribution in [3.8, 4) is 0 Å². The predicted octanol–water partition coefficient (Wildman–Crippen LogP) is 0.437. The van der Waals surface area contributed by atoms with E-state index in [1.165, 1.54) is 9.80 Å². The van der Waals surface area contributed by atoms with E-state index in [1.807, 2.05) is 0 Å². The number of halogens is 3. The number of carboxylic acids is 2. The van der Waals surface area contributed by atoms with Crippen LogP contribution in [0.3, 0.4) is 0 Å². The third-order valence-electron chi connectivity index (χ3n) is 3.82. The molecular weight excluding hydrogens is 427 g/mol. The molecular formula is C17H20F3N5O6. The third-order valence-corrected chi connectivity index (χ3v) is 3.82. The number of nitrogens with one attached hydrogen (secondary N) is 2. The van der Waals surface area contributed by atoms with Gasteiger partial charge in [-0.05, 0) is 24.3 Å². The Morgan fingerprint density at radius 2 is 1.68 bits per heavy atom. The predicted molar refractivity (Wildman–Crippen MR) is 101 cm³/mol. The number of nitrogens with zero attached hydrogens (tertiary/aromatic N) is 2. The summed E-state index contributed by atoms with van der Waals surface area (Å²) in [5.41, 5.74) is 6.63. The summed E-state index contributed by atoms with van der Waals surface area (Å²) in [4.78, 5) is 46.3. The second kappa shape index (κ2) is 10.8. The van der Waals surface area contributed by atoms with Gasteiger partial charge < -0.3 is 26.2 Å². The van der Waals surface area contributed by atoms with Crippen molar-refractivity contribution < 1.29 is 42.6 Å². The molecule has 0 aromatic heterocycles. The van der Waals surface area contributed by atoms with E-state index in [0.717, 1.165) is 0 Å². The molecule has 3 amide bonds. The number of alkyl halides is 3. The quantitative estimate of drug-likeness (QED) is 0.297. The zero-order chi connectivity index (χ0) is 23.8. The summed E-state index contributed by atoms with van der Waals surface area (Å²) in [5.74, 6) is -4.19. The Labute approximate surface area is 173 Å². The van der Waals surface area contributed by atoms with E-state index in [1.54, 1.807) is 24.3 Å². The van der Waals surface area contributed by atoms with Gasteiger partial charge in [0.15, 0.2) is 0 Å². The highest BCUT2D eigenvalue weighted by molar-refractivity contribution is 5.98. The summed E-state index contributed by atoms with van der Waals surface area (Å²) < 4.78 is 31.7. The van der Waals surface area contributed by atoms with E-state index in [2.05, 4.69) is 5.32 Å². The van der Waals surface area contributed by atoms with Gasteiger partial charge in [-0.25, -0.2) is 9.59 Å². The molecule has 1 heterocycles. The van der Waals surface area contributed by atoms with E-state index in [0.29, 0.717) is 24.3 Å². The molecule has 170 valence electrons. The number of nitrogen functional groups attached to an aromatic ring is 1. The summed E-state index contributed by atoms with van der Waals surface area (Å²) in [7, 11) is 0. The minimum Gasteiger partial charge on any atom is -0.481 e. The molecule has 0 saturated carbocycles. The van der Waals surface area contributed by atoms with Crippen LogP contribution in [0.4, 0.5) is 23.7 Å². The van der Waals surface area contributed by atoms with Crippen LogP contribution in [0.1, 0.15) is 12.0 Å². The zero-order valence-corrected chi connectivity index (χ0v) is 16.0. The molecule has 1 aliphatic heterocycles. The lowest BCUT2D eigenvalue weighted by molar-refractivity contribution is -0.192. The Morgan fingerprint density at radius 3 is 2.13 bits per heavy atom. The number of rotatable bonds is 7. The number of nitrogens with two attached hydrogens (primary N) is 1. The first-order chi connectivity index (χ1) is 14.3. The molecule has 1 aromatic carbocycles. The van der Waals surface area contributed by atoms with Gasteiger partial charge in [-0.3, -0.25) is 19.9 Å². The first-order valence-corrected chi connectivity index (χ1v) is 8.62. The van der Waals surface area contributed by atoms with E-state index in [4.69, 9.17) is 26.2 Å². The molecule has 0 aliphatic carbocycles. The summed E-state index contributed by atoms with van der Waals surface area (Å²) >= 11 is 0. The first-order valence-electron chi connectivity index (χ1n) is 8.62. The molecule has 11 nitrogen and oxygen atoms in total. The lowest BCUT2D eigenvalue weighted by Crippen LogP contribution is -2.40. The van der Waals surface area contributed by atoms with Gasteiger partial charge in [0, 0.05) is 30.9 Å². The fourth-order valence-corrected chi connectivity index (χ4v) is 2.33. The molecule has 0 atom stereocenters. The highest BCUT2D eigenvalue weighted by Gasteiger charge is 2.38. The molecule has 1 aromatic rings. The van der Waals surface area contributed by atoms with Crippen LogP contribution < -0.4 is 16.0 Å². The average molecular weight is 447 g/mol. The number of amides is 3. The van der Waals surface area contributed by atoms with Crippen LogP contribution in [0.5, 0.6) is 0 Å². The van der Waals surface area contributed by atoms with E-state index in [-0.39, 0.29) is 31.4 Å². The molecule has 1 fully saturated rings. The molecule has 0 radical (unpaired) electrons. The number of anilines is 1. The SMILES string of the molecule is N=C(N)c1ccc(N2CCN(CC(=O)NCCC(=O)O)C2=O)cc1.O=C(O)C(F)(F)F. The van der Waals surface area contributed by atoms with Crippen LogP contribution in [-0.2, 0) is 14.4 Å². The lowest BCUT2D eigenvalue weighted by atomic mass is 10.2. The van der Waals surface area contributed by atoms with Crippen molar-refractivity contribution in [1.82, 2.24) is 10.2 Å². The third kappa shape index (κ3) is 8.20. The highest BCUT2D eigenvalue weighted by Crippen LogP contribution is 2.20. The molecule has 2 rings (SSSR count). The molecule has 6 N–H and O–H groups in total. The van der Waals surface area contributed by atoms with Crippen molar-refractivity contribution in [1.29, 1.82) is 5.41 Å². The van der Waals surface area contributed by atoms with Crippen molar-refractivity contribution in [2.75, 3.05) is 31.1 Å². The largest absolute Gasteiger partial charge is 0.490 e. The van der Waals surface area contributed by atoms with Gasteiger partial charge in [-0.2, -0.15) is 13.2 Å². The smallest absolute Gasteiger partial charge is 0.481 e. The summed E-state index contributed by atoms with van der Waals surface area (Å²) in [6.45, 7) is 0.771. The summed E-state index contributed by atoms with van der Waals surface area (Å²) in [6, 6.07) is 6.42. The second-order valence-corrected chi connectivity index (χ2v) is 6.11. The number of hydrogen-bond donors (Lipinski definition) is 5. The van der Waals surface area contributed by atoms with E-state index < -0.39 is 24.0 Å². The Kier molecular flexibility index (Phi) is 8.78. The molecule has 0 spiro atoms. The number of carbonyl (C=O) groups excluding carboxylic acids is 2. The number of urea groups is 1. The van der Waals surface area contributed by atoms with Gasteiger partial charge in [0.25, 0.3) is 0 Å². The Hall–Kier alpha value is -3.84. The maximum Gasteiger partial charge on any atom is 0.490 e. The number of carboxylic acid groups (broad SMARTS) is 2. The van der Waals surface area contributed by atoms with E-state index in [9.17, 15) is 27.6 Å². The van der Waals surface area contributed by atoms with E-state index >= 15 is 0 Å². The van der Waals surface area contributed by atoms with Crippen molar-refractivity contribution in [3.05, 3.63) is 29.8 Å². The number of hydrogen-bond acceptors (Lipinski definition) is 5. The van der Waals surface area contributed by atoms with Crippen LogP contribution in [0.25, 0.3) is 0 Å². The maximum absolute atomic E-state index is 12.4. The Morgan fingerprint density at radius 1 is 1.13 bits per heavy atom. The van der Waals surface area contributed by atoms with Gasteiger partial charge in [0.2, 0.25) is 5.91 Å². The molecule has 1 saturated heterocycles. The topological polar surface area (TPSA) is 177 Å². The molecule has 31 heavy (non-hydrogen) atoms. The minimum absolute atomic E-state index is 0.0341. The monoisotopic (exact) mass is 447 g/mol. The van der Waals surface area contributed by atoms with Crippen molar-refractivity contribution in [3.63, 3.8) is 0 Å². The normalized spacial score (nSPS) is 13.3. The molecule has 1 aliphatic rings. The first kappa shape index (κ1) is 25.2. The average Bonchev–Trinajstić information content (AvgIpc) is 3.01. The van der Waals surface area contributed by atoms with Gasteiger partial charge in [-0.1, -0.05) is 0 Å². The zero-order valence-electron chi connectivity index (χ0n) is 16.0. The standard InChI is InChI=1S/C15H19N5O4.C2HF3O2/c16-14(17)10-1-3-11(4-2-10)20-8-7-19(15(20)24)9-12(21)18-6-5-13(22)23;3-2(4,5)1(6)7/h1-4H,5-9H2,(H3,16,17)(H,18,21)(H,22,23);(H,6,7). The summed E-state index contributed by atoms with van der Waals surface area (Å²) in [5, 5.41) is 25.5. The summed E-state index contributed by atoms with van der Waals surface area (Å²) in [6.07, 6.45) is -5.24. The minimum atomic E-state index is -5.08. The molecule has 0 unspecified atom stereocenters. The van der Waals surface area contributed by atoms with Gasteiger partial charge >= 0.3 is 24.1 Å². The van der Waals surface area contributed by atoms with Crippen LogP contribution >= 0.6 is 0 Å². The van der Waals surface area contributed by atoms with Gasteiger partial charge in [0.1, 0.15) is 12.4 Å². The number of aliphatic carboxylic acids is 2. The fourth-order valence-electron chi connectivity index (χ4n) is 2.33. The number of carbonyl (C=O) groups is 4. The molecule has 14 heteroatoms. The van der Waals surface area contributed by atoms with Crippen molar-refractivity contribution in [2.45, 2.75) is 12.6 Å².